The van der Waals surface area contributed by atoms with Crippen LogP contribution in [-0.4, -0.2) is 111 Å². The molecule has 1 saturated carbocycles. The lowest BCUT2D eigenvalue weighted by molar-refractivity contribution is -0.136. The zero-order valence-corrected chi connectivity index (χ0v) is 19.4. The van der Waals surface area contributed by atoms with Crippen LogP contribution in [0.15, 0.2) is 18.2 Å². The first kappa shape index (κ1) is 22.9. The Labute approximate surface area is 191 Å². The van der Waals surface area contributed by atoms with E-state index in [9.17, 15) is 9.59 Å². The summed E-state index contributed by atoms with van der Waals surface area (Å²) < 4.78 is 10.6. The molecule has 8 heteroatoms. The van der Waals surface area contributed by atoms with E-state index in [1.165, 1.54) is 19.3 Å². The summed E-state index contributed by atoms with van der Waals surface area (Å²) >= 11 is 0. The predicted octanol–water partition coefficient (Wildman–Crippen LogP) is 1.09. The number of benzene rings is 1. The predicted molar refractivity (Wildman–Crippen MR) is 122 cm³/mol. The zero-order chi connectivity index (χ0) is 22.5. The first-order chi connectivity index (χ1) is 15.6. The maximum atomic E-state index is 12.8. The van der Waals surface area contributed by atoms with Crippen LogP contribution >= 0.6 is 0 Å². The fraction of sp³-hybridized carbons (Fsp3) is 0.667. The normalized spacial score (nSPS) is 20.7. The number of nitrogens with zero attached hydrogens (tertiary/aromatic N) is 4. The van der Waals surface area contributed by atoms with Crippen molar-refractivity contribution in [1.82, 2.24) is 19.6 Å². The van der Waals surface area contributed by atoms with E-state index < -0.39 is 0 Å². The molecule has 176 valence electrons. The Balaban J connectivity index is 1.20. The molecule has 3 fully saturated rings. The van der Waals surface area contributed by atoms with Crippen LogP contribution in [0, 0.1) is 0 Å². The van der Waals surface area contributed by atoms with Crippen LogP contribution in [0.1, 0.15) is 24.8 Å². The third-order valence-electron chi connectivity index (χ3n) is 7.11. The largest absolute Gasteiger partial charge is 0.497 e. The van der Waals surface area contributed by atoms with Gasteiger partial charge in [0.2, 0.25) is 11.8 Å². The molecule has 0 bridgehead atoms. The molecule has 2 heterocycles. The number of hydrogen-bond acceptors (Lipinski definition) is 6. The van der Waals surface area contributed by atoms with E-state index in [2.05, 4.69) is 9.80 Å². The Morgan fingerprint density at radius 3 is 1.91 bits per heavy atom. The summed E-state index contributed by atoms with van der Waals surface area (Å²) in [5.74, 6) is 1.69. The van der Waals surface area contributed by atoms with Gasteiger partial charge >= 0.3 is 0 Å². The van der Waals surface area contributed by atoms with Gasteiger partial charge < -0.3 is 19.3 Å². The van der Waals surface area contributed by atoms with Gasteiger partial charge in [-0.2, -0.15) is 0 Å². The molecule has 1 aromatic carbocycles. The van der Waals surface area contributed by atoms with Crippen LogP contribution in [0.4, 0.5) is 0 Å². The SMILES string of the molecule is COc1cc(CC(=O)N2CCN(CC(=O)N3CCN(C4CCC4)CC3)CC2)cc(OC)c1. The molecule has 0 aromatic heterocycles. The van der Waals surface area contributed by atoms with Crippen LogP contribution in [0.3, 0.4) is 0 Å². The van der Waals surface area contributed by atoms with Gasteiger partial charge in [0.1, 0.15) is 11.5 Å². The van der Waals surface area contributed by atoms with Crippen molar-refractivity contribution in [1.29, 1.82) is 0 Å². The quantitative estimate of drug-likeness (QED) is 0.627. The van der Waals surface area contributed by atoms with Gasteiger partial charge in [0.25, 0.3) is 0 Å². The number of rotatable bonds is 7. The Kier molecular flexibility index (Phi) is 7.52. The summed E-state index contributed by atoms with van der Waals surface area (Å²) in [7, 11) is 3.21. The highest BCUT2D eigenvalue weighted by Crippen LogP contribution is 2.26. The van der Waals surface area contributed by atoms with E-state index in [1.54, 1.807) is 20.3 Å². The van der Waals surface area contributed by atoms with E-state index in [1.807, 2.05) is 21.9 Å². The summed E-state index contributed by atoms with van der Waals surface area (Å²) in [5.41, 5.74) is 0.879. The van der Waals surface area contributed by atoms with Crippen LogP contribution < -0.4 is 9.47 Å². The molecule has 3 aliphatic rings. The molecule has 1 aromatic rings. The highest BCUT2D eigenvalue weighted by Gasteiger charge is 2.30. The second-order valence-electron chi connectivity index (χ2n) is 9.06. The van der Waals surface area contributed by atoms with Crippen molar-refractivity contribution in [3.05, 3.63) is 23.8 Å². The maximum Gasteiger partial charge on any atom is 0.236 e. The lowest BCUT2D eigenvalue weighted by Crippen LogP contribution is -2.56. The number of methoxy groups -OCH3 is 2. The summed E-state index contributed by atoms with van der Waals surface area (Å²) in [6.07, 6.45) is 4.31. The summed E-state index contributed by atoms with van der Waals surface area (Å²) in [5, 5.41) is 0. The molecule has 0 unspecified atom stereocenters. The van der Waals surface area contributed by atoms with Gasteiger partial charge in [-0.3, -0.25) is 19.4 Å². The minimum Gasteiger partial charge on any atom is -0.497 e. The Hall–Kier alpha value is -2.32. The lowest BCUT2D eigenvalue weighted by Gasteiger charge is -2.43. The monoisotopic (exact) mass is 444 g/mol. The molecule has 8 nitrogen and oxygen atoms in total. The zero-order valence-electron chi connectivity index (χ0n) is 19.4. The van der Waals surface area contributed by atoms with E-state index in [4.69, 9.17) is 9.47 Å². The molecular formula is C24H36N4O4. The number of carbonyl (C=O) groups is 2. The average Bonchev–Trinajstić information content (AvgIpc) is 2.78. The number of hydrogen-bond donors (Lipinski definition) is 0. The smallest absolute Gasteiger partial charge is 0.236 e. The minimum atomic E-state index is 0.0957. The highest BCUT2D eigenvalue weighted by atomic mass is 16.5. The summed E-state index contributed by atoms with van der Waals surface area (Å²) in [6.45, 7) is 6.95. The third kappa shape index (κ3) is 5.53. The maximum absolute atomic E-state index is 12.8. The van der Waals surface area contributed by atoms with Crippen LogP contribution in [0.25, 0.3) is 0 Å². The summed E-state index contributed by atoms with van der Waals surface area (Å²) in [6, 6.07) is 6.31. The van der Waals surface area contributed by atoms with E-state index in [0.29, 0.717) is 37.6 Å². The Morgan fingerprint density at radius 1 is 0.812 bits per heavy atom. The van der Waals surface area contributed by atoms with Gasteiger partial charge in [0.15, 0.2) is 0 Å². The molecule has 4 rings (SSSR count). The molecule has 0 radical (unpaired) electrons. The van der Waals surface area contributed by atoms with Crippen molar-refractivity contribution in [2.75, 3.05) is 73.1 Å². The van der Waals surface area contributed by atoms with Crippen molar-refractivity contribution >= 4 is 11.8 Å². The second kappa shape index (κ2) is 10.5. The molecule has 0 N–H and O–H groups in total. The van der Waals surface area contributed by atoms with Crippen LogP contribution in [-0.2, 0) is 16.0 Å². The molecule has 2 amide bonds. The topological polar surface area (TPSA) is 65.6 Å². The fourth-order valence-electron chi connectivity index (χ4n) is 4.79. The number of ether oxygens (including phenoxy) is 2. The first-order valence-electron chi connectivity index (χ1n) is 11.8. The van der Waals surface area contributed by atoms with Gasteiger partial charge in [-0.1, -0.05) is 6.42 Å². The lowest BCUT2D eigenvalue weighted by atomic mass is 9.91. The van der Waals surface area contributed by atoms with Gasteiger partial charge in [-0.25, -0.2) is 0 Å². The van der Waals surface area contributed by atoms with Crippen molar-refractivity contribution in [3.8, 4) is 11.5 Å². The molecule has 32 heavy (non-hydrogen) atoms. The minimum absolute atomic E-state index is 0.0957. The molecule has 2 aliphatic heterocycles. The number of amides is 2. The van der Waals surface area contributed by atoms with Crippen LogP contribution in [0.2, 0.25) is 0 Å². The van der Waals surface area contributed by atoms with Crippen molar-refractivity contribution in [2.45, 2.75) is 31.7 Å². The van der Waals surface area contributed by atoms with Crippen molar-refractivity contribution in [2.24, 2.45) is 0 Å². The first-order valence-corrected chi connectivity index (χ1v) is 11.8. The molecular weight excluding hydrogens is 408 g/mol. The molecule has 2 saturated heterocycles. The fourth-order valence-corrected chi connectivity index (χ4v) is 4.79. The van der Waals surface area contributed by atoms with Crippen molar-refractivity contribution in [3.63, 3.8) is 0 Å². The molecule has 0 spiro atoms. The van der Waals surface area contributed by atoms with Gasteiger partial charge in [0, 0.05) is 64.5 Å². The van der Waals surface area contributed by atoms with E-state index in [0.717, 1.165) is 50.9 Å². The van der Waals surface area contributed by atoms with E-state index in [-0.39, 0.29) is 11.8 Å². The Morgan fingerprint density at radius 2 is 1.38 bits per heavy atom. The number of piperazine rings is 2. The Bertz CT molecular complexity index is 775. The van der Waals surface area contributed by atoms with Crippen LogP contribution in [0.5, 0.6) is 11.5 Å². The number of carbonyl (C=O) groups excluding carboxylic acids is 2. The van der Waals surface area contributed by atoms with Gasteiger partial charge in [0.05, 0.1) is 27.2 Å². The van der Waals surface area contributed by atoms with Gasteiger partial charge in [-0.05, 0) is 30.5 Å². The third-order valence-corrected chi connectivity index (χ3v) is 7.11. The molecule has 1 aliphatic carbocycles. The van der Waals surface area contributed by atoms with E-state index >= 15 is 0 Å². The highest BCUT2D eigenvalue weighted by molar-refractivity contribution is 5.80. The standard InChI is InChI=1S/C24H36N4O4/c1-31-21-14-19(15-22(17-21)32-2)16-23(29)27-8-6-25(7-9-27)18-24(30)28-12-10-26(11-13-28)20-4-3-5-20/h14-15,17,20H,3-13,16,18H2,1-2H3. The molecule has 0 atom stereocenters. The second-order valence-corrected chi connectivity index (χ2v) is 9.06. The van der Waals surface area contributed by atoms with Gasteiger partial charge in [-0.15, -0.1) is 0 Å². The summed E-state index contributed by atoms with van der Waals surface area (Å²) in [4.78, 5) is 34.2. The average molecular weight is 445 g/mol. The van der Waals surface area contributed by atoms with Crippen molar-refractivity contribution < 1.29 is 19.1 Å².